The molecule has 0 bridgehead atoms. The monoisotopic (exact) mass is 246 g/mol. The fourth-order valence-corrected chi connectivity index (χ4v) is 1.07. The van der Waals surface area contributed by atoms with Gasteiger partial charge in [0.25, 0.3) is 0 Å². The van der Waals surface area contributed by atoms with Crippen molar-refractivity contribution in [2.75, 3.05) is 0 Å². The molecule has 1 aliphatic heterocycles. The number of esters is 2. The van der Waals surface area contributed by atoms with Gasteiger partial charge in [-0.1, -0.05) is 12.0 Å². The lowest BCUT2D eigenvalue weighted by atomic mass is 10.1. The highest BCUT2D eigenvalue weighted by molar-refractivity contribution is 5.95. The topological polar surface area (TPSA) is 43.4 Å². The number of carbonyl (C=O) groups is 2. The molecule has 19 heavy (non-hydrogen) atoms. The average molecular weight is 246 g/mol. The van der Waals surface area contributed by atoms with E-state index in [-0.39, 0.29) is 6.42 Å². The van der Waals surface area contributed by atoms with Crippen molar-refractivity contribution in [1.82, 2.24) is 0 Å². The maximum atomic E-state index is 11.1. The normalized spacial score (nSPS) is 15.4. The Balaban J connectivity index is 2.46. The van der Waals surface area contributed by atoms with Crippen molar-refractivity contribution in [2.24, 2.45) is 5.92 Å². The number of carbonyl (C=O) groups excluding carboxylic acids is 2. The van der Waals surface area contributed by atoms with E-state index in [2.05, 4.69) is 58.0 Å². The van der Waals surface area contributed by atoms with Crippen LogP contribution in [0, 0.1) is 65.6 Å². The quantitative estimate of drug-likeness (QED) is 0.379. The lowest BCUT2D eigenvalue weighted by Crippen LogP contribution is -2.03. The molecule has 1 unspecified atom stereocenters. The molecule has 1 aliphatic rings. The summed E-state index contributed by atoms with van der Waals surface area (Å²) in [6, 6.07) is 0. The molecule has 1 heterocycles. The fraction of sp³-hybridized carbons (Fsp3) is 0.125. The summed E-state index contributed by atoms with van der Waals surface area (Å²) in [6.07, 6.45) is 7.90. The van der Waals surface area contributed by atoms with Crippen molar-refractivity contribution >= 4 is 11.9 Å². The van der Waals surface area contributed by atoms with Crippen LogP contribution in [0.4, 0.5) is 0 Å². The van der Waals surface area contributed by atoms with E-state index in [4.69, 9.17) is 6.42 Å². The Morgan fingerprint density at radius 2 is 1.68 bits per heavy atom. The van der Waals surface area contributed by atoms with E-state index in [9.17, 15) is 9.59 Å². The van der Waals surface area contributed by atoms with Crippen molar-refractivity contribution in [3.63, 3.8) is 0 Å². The Bertz CT molecular complexity index is 701. The molecule has 0 aliphatic carbocycles. The first-order valence-electron chi connectivity index (χ1n) is 5.11. The molecule has 0 saturated carbocycles. The zero-order chi connectivity index (χ0) is 13.9. The van der Waals surface area contributed by atoms with E-state index in [0.717, 1.165) is 0 Å². The Morgan fingerprint density at radius 3 is 2.26 bits per heavy atom. The number of rotatable bonds is 1. The minimum absolute atomic E-state index is 0.0576. The lowest BCUT2D eigenvalue weighted by molar-refractivity contribution is -0.152. The zero-order valence-corrected chi connectivity index (χ0v) is 9.74. The van der Waals surface area contributed by atoms with Gasteiger partial charge in [0.05, 0.1) is 12.3 Å². The van der Waals surface area contributed by atoms with Crippen LogP contribution in [0.5, 0.6) is 0 Å². The highest BCUT2D eigenvalue weighted by atomic mass is 16.6. The number of cyclic esters (lactones) is 2. The van der Waals surface area contributed by atoms with E-state index in [1.54, 1.807) is 0 Å². The van der Waals surface area contributed by atoms with Gasteiger partial charge >= 0.3 is 11.9 Å². The number of hydrogen-bond acceptors (Lipinski definition) is 3. The summed E-state index contributed by atoms with van der Waals surface area (Å²) < 4.78 is 4.37. The van der Waals surface area contributed by atoms with Gasteiger partial charge in [-0.15, -0.1) is 6.42 Å². The molecule has 0 radical (unpaired) electrons. The molecule has 88 valence electrons. The number of allylic oxidation sites excluding steroid dienone is 1. The van der Waals surface area contributed by atoms with E-state index in [1.807, 2.05) is 0 Å². The van der Waals surface area contributed by atoms with Gasteiger partial charge in [0.2, 0.25) is 0 Å². The number of hydrogen-bond donors (Lipinski definition) is 0. The van der Waals surface area contributed by atoms with E-state index >= 15 is 0 Å². The second kappa shape index (κ2) is 7.87. The van der Waals surface area contributed by atoms with Gasteiger partial charge in [0, 0.05) is 0 Å². The summed E-state index contributed by atoms with van der Waals surface area (Å²) >= 11 is 0. The van der Waals surface area contributed by atoms with Crippen molar-refractivity contribution in [3.8, 4) is 59.7 Å². The van der Waals surface area contributed by atoms with Crippen LogP contribution in [0.15, 0.2) is 12.2 Å². The van der Waals surface area contributed by atoms with Gasteiger partial charge < -0.3 is 4.74 Å². The molecule has 3 nitrogen and oxygen atoms in total. The zero-order valence-electron chi connectivity index (χ0n) is 9.74. The predicted molar refractivity (Wildman–Crippen MR) is 68.3 cm³/mol. The molecule has 0 spiro atoms. The molecule has 0 aromatic heterocycles. The average Bonchev–Trinajstić information content (AvgIpc) is 2.70. The van der Waals surface area contributed by atoms with Gasteiger partial charge in [0.1, 0.15) is 0 Å². The maximum Gasteiger partial charge on any atom is 0.321 e. The summed E-state index contributed by atoms with van der Waals surface area (Å²) in [5, 5.41) is 0. The van der Waals surface area contributed by atoms with Gasteiger partial charge in [-0.2, -0.15) is 0 Å². The fourth-order valence-electron chi connectivity index (χ4n) is 1.07. The first-order chi connectivity index (χ1) is 9.24. The second-order valence-electron chi connectivity index (χ2n) is 3.13. The maximum absolute atomic E-state index is 11.1. The Labute approximate surface area is 111 Å². The third kappa shape index (κ3) is 5.52. The Kier molecular flexibility index (Phi) is 5.70. The molecule has 0 aromatic rings. The predicted octanol–water partition coefficient (Wildman–Crippen LogP) is 0.279. The lowest BCUT2D eigenvalue weighted by Gasteiger charge is -1.90. The SMILES string of the molecule is C#CC#CC#CC#CC#C/C=C/C1CC(=O)OC1=O. The summed E-state index contributed by atoms with van der Waals surface area (Å²) in [5.74, 6) is 20.1. The summed E-state index contributed by atoms with van der Waals surface area (Å²) in [6.45, 7) is 0. The first kappa shape index (κ1) is 13.7. The Morgan fingerprint density at radius 1 is 1.05 bits per heavy atom. The smallest absolute Gasteiger partial charge is 0.321 e. The minimum Gasteiger partial charge on any atom is -0.393 e. The van der Waals surface area contributed by atoms with Crippen molar-refractivity contribution in [1.29, 1.82) is 0 Å². The molecule has 1 rings (SSSR count). The molecule has 0 N–H and O–H groups in total. The molecule has 1 saturated heterocycles. The summed E-state index contributed by atoms with van der Waals surface area (Å²) in [4.78, 5) is 21.8. The highest BCUT2D eigenvalue weighted by Gasteiger charge is 2.30. The molecule has 1 fully saturated rings. The molecule has 1 atom stereocenters. The third-order valence-corrected chi connectivity index (χ3v) is 1.83. The second-order valence-corrected chi connectivity index (χ2v) is 3.13. The highest BCUT2D eigenvalue weighted by Crippen LogP contribution is 2.16. The van der Waals surface area contributed by atoms with Crippen LogP contribution in [-0.4, -0.2) is 11.9 Å². The van der Waals surface area contributed by atoms with E-state index < -0.39 is 17.9 Å². The standard InChI is InChI=1S/C16H6O3/c1-2-3-4-5-6-7-8-9-10-11-12-14-13-15(17)19-16(14)18/h1,11-12,14H,13H2/b12-11+. The largest absolute Gasteiger partial charge is 0.393 e. The van der Waals surface area contributed by atoms with Crippen LogP contribution in [0.3, 0.4) is 0 Å². The molecular formula is C16H6O3. The van der Waals surface area contributed by atoms with Crippen LogP contribution in [0.25, 0.3) is 0 Å². The summed E-state index contributed by atoms with van der Waals surface area (Å²) in [7, 11) is 0. The Hall–Kier alpha value is -3.32. The first-order valence-corrected chi connectivity index (χ1v) is 5.11. The molecule has 3 heteroatoms. The van der Waals surface area contributed by atoms with Crippen LogP contribution in [0.2, 0.25) is 0 Å². The molecule has 0 amide bonds. The third-order valence-electron chi connectivity index (χ3n) is 1.83. The minimum atomic E-state index is -0.549. The van der Waals surface area contributed by atoms with Gasteiger partial charge in [0.15, 0.2) is 0 Å². The molecular weight excluding hydrogens is 240 g/mol. The van der Waals surface area contributed by atoms with E-state index in [1.165, 1.54) is 12.2 Å². The summed E-state index contributed by atoms with van der Waals surface area (Å²) in [5.41, 5.74) is 0. The van der Waals surface area contributed by atoms with Crippen molar-refractivity contribution in [2.45, 2.75) is 6.42 Å². The van der Waals surface area contributed by atoms with Crippen LogP contribution in [-0.2, 0) is 14.3 Å². The van der Waals surface area contributed by atoms with Crippen molar-refractivity contribution < 1.29 is 14.3 Å². The van der Waals surface area contributed by atoms with E-state index in [0.29, 0.717) is 0 Å². The van der Waals surface area contributed by atoms with Crippen LogP contribution < -0.4 is 0 Å². The van der Waals surface area contributed by atoms with Gasteiger partial charge in [-0.3, -0.25) is 9.59 Å². The van der Waals surface area contributed by atoms with Crippen LogP contribution >= 0.6 is 0 Å². The van der Waals surface area contributed by atoms with Gasteiger partial charge in [-0.05, 0) is 53.4 Å². The van der Waals surface area contributed by atoms with Crippen molar-refractivity contribution in [3.05, 3.63) is 12.2 Å². The number of ether oxygens (including phenoxy) is 1. The molecule has 0 aromatic carbocycles. The van der Waals surface area contributed by atoms with Crippen LogP contribution in [0.1, 0.15) is 6.42 Å². The van der Waals surface area contributed by atoms with Gasteiger partial charge in [-0.25, -0.2) is 0 Å². The number of terminal acetylenes is 1.